The van der Waals surface area contributed by atoms with Gasteiger partial charge in [0.15, 0.2) is 6.10 Å². The number of nitrogen functional groups attached to an aromatic ring is 1. The molecule has 3 N–H and O–H groups in total. The Morgan fingerprint density at radius 2 is 1.92 bits per heavy atom. The maximum atomic E-state index is 12.3. The molecule has 0 aromatic heterocycles. The highest BCUT2D eigenvalue weighted by Crippen LogP contribution is 2.25. The number of amides is 1. The second-order valence-electron chi connectivity index (χ2n) is 5.48. The predicted octanol–water partition coefficient (Wildman–Crippen LogP) is 3.42. The number of aryl methyl sites for hydroxylation is 1. The third kappa shape index (κ3) is 4.64. The first-order valence-corrected chi connectivity index (χ1v) is 7.91. The monoisotopic (exact) mass is 362 g/mol. The van der Waals surface area contributed by atoms with Gasteiger partial charge in [-0.05, 0) is 49.7 Å². The lowest BCUT2D eigenvalue weighted by Crippen LogP contribution is -2.30. The van der Waals surface area contributed by atoms with Crippen LogP contribution in [0, 0.1) is 6.92 Å². The van der Waals surface area contributed by atoms with E-state index in [-0.39, 0.29) is 11.3 Å². The molecule has 1 amide bonds. The van der Waals surface area contributed by atoms with E-state index in [1.165, 1.54) is 32.2 Å². The summed E-state index contributed by atoms with van der Waals surface area (Å²) in [6.45, 7) is 3.37. The zero-order valence-corrected chi connectivity index (χ0v) is 14.9. The Kier molecular flexibility index (Phi) is 5.88. The van der Waals surface area contributed by atoms with Gasteiger partial charge in [0.05, 0.1) is 29.1 Å². The second kappa shape index (κ2) is 7.90. The van der Waals surface area contributed by atoms with Gasteiger partial charge in [0.1, 0.15) is 5.75 Å². The molecule has 2 aromatic rings. The van der Waals surface area contributed by atoms with E-state index in [1.54, 1.807) is 12.1 Å². The molecule has 0 saturated carbocycles. The van der Waals surface area contributed by atoms with E-state index in [2.05, 4.69) is 5.32 Å². The van der Waals surface area contributed by atoms with E-state index < -0.39 is 18.0 Å². The van der Waals surface area contributed by atoms with Crippen molar-refractivity contribution in [3.8, 4) is 5.75 Å². The van der Waals surface area contributed by atoms with Gasteiger partial charge >= 0.3 is 5.97 Å². The molecule has 0 aliphatic rings. The molecule has 25 heavy (non-hydrogen) atoms. The van der Waals surface area contributed by atoms with Gasteiger partial charge < -0.3 is 20.5 Å². The van der Waals surface area contributed by atoms with Crippen molar-refractivity contribution in [3.05, 3.63) is 52.5 Å². The molecule has 0 radical (unpaired) electrons. The van der Waals surface area contributed by atoms with Gasteiger partial charge in [0, 0.05) is 0 Å². The summed E-state index contributed by atoms with van der Waals surface area (Å²) >= 11 is 5.82. The molecule has 0 spiro atoms. The van der Waals surface area contributed by atoms with E-state index in [4.69, 9.17) is 26.8 Å². The Labute approximate surface area is 150 Å². The first kappa shape index (κ1) is 18.6. The van der Waals surface area contributed by atoms with Crippen molar-refractivity contribution in [2.24, 2.45) is 0 Å². The lowest BCUT2D eigenvalue weighted by atomic mass is 10.2. The first-order valence-electron chi connectivity index (χ1n) is 7.53. The number of benzene rings is 2. The van der Waals surface area contributed by atoms with Crippen molar-refractivity contribution < 1.29 is 19.1 Å². The Morgan fingerprint density at radius 3 is 2.56 bits per heavy atom. The summed E-state index contributed by atoms with van der Waals surface area (Å²) < 4.78 is 10.4. The average molecular weight is 363 g/mol. The molecule has 7 heteroatoms. The second-order valence-corrected chi connectivity index (χ2v) is 5.88. The minimum atomic E-state index is -1.00. The van der Waals surface area contributed by atoms with Crippen LogP contribution in [0.4, 0.5) is 11.4 Å². The fraction of sp³-hybridized carbons (Fsp3) is 0.222. The largest absolute Gasteiger partial charge is 0.495 e. The number of halogens is 1. The van der Waals surface area contributed by atoms with E-state index in [9.17, 15) is 9.59 Å². The van der Waals surface area contributed by atoms with E-state index in [1.807, 2.05) is 13.0 Å². The lowest BCUT2D eigenvalue weighted by Gasteiger charge is -2.16. The Morgan fingerprint density at radius 1 is 1.20 bits per heavy atom. The number of esters is 1. The Bertz CT molecular complexity index is 808. The first-order chi connectivity index (χ1) is 11.8. The van der Waals surface area contributed by atoms with Crippen LogP contribution in [0.3, 0.4) is 0 Å². The van der Waals surface area contributed by atoms with Crippen molar-refractivity contribution in [1.82, 2.24) is 0 Å². The molecule has 0 bridgehead atoms. The smallest absolute Gasteiger partial charge is 0.338 e. The van der Waals surface area contributed by atoms with Crippen LogP contribution < -0.4 is 15.8 Å². The van der Waals surface area contributed by atoms with Gasteiger partial charge in [-0.2, -0.15) is 0 Å². The van der Waals surface area contributed by atoms with Crippen LogP contribution in [0.2, 0.25) is 5.02 Å². The fourth-order valence-electron chi connectivity index (χ4n) is 2.11. The number of ether oxygens (including phenoxy) is 2. The van der Waals surface area contributed by atoms with Gasteiger partial charge in [-0.3, -0.25) is 4.79 Å². The number of hydrogen-bond donors (Lipinski definition) is 2. The normalized spacial score (nSPS) is 11.5. The molecule has 0 unspecified atom stereocenters. The number of anilines is 2. The molecule has 0 aliphatic carbocycles. The van der Waals surface area contributed by atoms with Gasteiger partial charge in [-0.15, -0.1) is 0 Å². The molecule has 2 rings (SSSR count). The van der Waals surface area contributed by atoms with Crippen LogP contribution in [-0.4, -0.2) is 25.1 Å². The van der Waals surface area contributed by atoms with Crippen LogP contribution in [0.15, 0.2) is 36.4 Å². The topological polar surface area (TPSA) is 90.6 Å². The number of carbonyl (C=O) groups excluding carboxylic acids is 2. The maximum absolute atomic E-state index is 12.3. The van der Waals surface area contributed by atoms with E-state index in [0.29, 0.717) is 16.5 Å². The van der Waals surface area contributed by atoms with Crippen LogP contribution in [0.1, 0.15) is 22.8 Å². The molecule has 0 aliphatic heterocycles. The molecule has 6 nitrogen and oxygen atoms in total. The molecule has 0 saturated heterocycles. The molecule has 1 atom stereocenters. The van der Waals surface area contributed by atoms with Crippen molar-refractivity contribution in [1.29, 1.82) is 0 Å². The van der Waals surface area contributed by atoms with Gasteiger partial charge in [-0.25, -0.2) is 4.79 Å². The predicted molar refractivity (Wildman–Crippen MR) is 97.1 cm³/mol. The van der Waals surface area contributed by atoms with E-state index in [0.717, 1.165) is 5.56 Å². The van der Waals surface area contributed by atoms with Crippen LogP contribution in [-0.2, 0) is 9.53 Å². The fourth-order valence-corrected chi connectivity index (χ4v) is 2.22. The van der Waals surface area contributed by atoms with E-state index >= 15 is 0 Å². The molecule has 0 heterocycles. The average Bonchev–Trinajstić information content (AvgIpc) is 2.57. The van der Waals surface area contributed by atoms with Crippen molar-refractivity contribution in [2.45, 2.75) is 20.0 Å². The number of nitrogens with two attached hydrogens (primary N) is 1. The number of rotatable bonds is 5. The summed E-state index contributed by atoms with van der Waals surface area (Å²) in [4.78, 5) is 24.4. The summed E-state index contributed by atoms with van der Waals surface area (Å²) in [7, 11) is 1.51. The number of methoxy groups -OCH3 is 1. The Hall–Kier alpha value is -2.73. The highest BCUT2D eigenvalue weighted by molar-refractivity contribution is 6.33. The minimum absolute atomic E-state index is 0.217. The standard InChI is InChI=1S/C18H19ClN2O4/c1-10-4-7-16(24-3)15(8-10)21-17(22)11(2)25-18(23)12-5-6-13(19)14(20)9-12/h4-9,11H,20H2,1-3H3,(H,21,22)/t11-/m1/s1. The third-order valence-corrected chi connectivity index (χ3v) is 3.84. The zero-order chi connectivity index (χ0) is 18.6. The molecule has 2 aromatic carbocycles. The van der Waals surface area contributed by atoms with Gasteiger partial charge in [0.2, 0.25) is 0 Å². The van der Waals surface area contributed by atoms with Crippen LogP contribution in [0.25, 0.3) is 0 Å². The van der Waals surface area contributed by atoms with Crippen molar-refractivity contribution in [3.63, 3.8) is 0 Å². The maximum Gasteiger partial charge on any atom is 0.338 e. The minimum Gasteiger partial charge on any atom is -0.495 e. The van der Waals surface area contributed by atoms with Crippen molar-refractivity contribution in [2.75, 3.05) is 18.2 Å². The number of nitrogens with one attached hydrogen (secondary N) is 1. The van der Waals surface area contributed by atoms with Crippen LogP contribution >= 0.6 is 11.6 Å². The number of hydrogen-bond acceptors (Lipinski definition) is 5. The van der Waals surface area contributed by atoms with Crippen molar-refractivity contribution >= 4 is 34.9 Å². The molecular formula is C18H19ClN2O4. The summed E-state index contributed by atoms with van der Waals surface area (Å²) in [6.07, 6.45) is -1.00. The summed E-state index contributed by atoms with van der Waals surface area (Å²) in [6, 6.07) is 9.76. The molecule has 132 valence electrons. The molecule has 0 fully saturated rings. The van der Waals surface area contributed by atoms with Gasteiger partial charge in [-0.1, -0.05) is 17.7 Å². The zero-order valence-electron chi connectivity index (χ0n) is 14.1. The third-order valence-electron chi connectivity index (χ3n) is 3.50. The highest BCUT2D eigenvalue weighted by Gasteiger charge is 2.20. The quantitative estimate of drug-likeness (QED) is 0.628. The number of carbonyl (C=O) groups is 2. The molecular weight excluding hydrogens is 344 g/mol. The summed E-state index contributed by atoms with van der Waals surface area (Å²) in [5.74, 6) is -0.621. The summed E-state index contributed by atoms with van der Waals surface area (Å²) in [5.41, 5.74) is 7.61. The lowest BCUT2D eigenvalue weighted by molar-refractivity contribution is -0.123. The summed E-state index contributed by atoms with van der Waals surface area (Å²) in [5, 5.41) is 3.03. The highest BCUT2D eigenvalue weighted by atomic mass is 35.5. The van der Waals surface area contributed by atoms with Crippen LogP contribution in [0.5, 0.6) is 5.75 Å². The van der Waals surface area contributed by atoms with Gasteiger partial charge in [0.25, 0.3) is 5.91 Å². The SMILES string of the molecule is COc1ccc(C)cc1NC(=O)[C@@H](C)OC(=O)c1ccc(Cl)c(N)c1. The Balaban J connectivity index is 2.06.